The van der Waals surface area contributed by atoms with Gasteiger partial charge in [0.05, 0.1) is 11.1 Å². The van der Waals surface area contributed by atoms with Crippen LogP contribution in [-0.2, 0) is 17.1 Å². The molecule has 0 radical (unpaired) electrons. The molecule has 0 saturated heterocycles. The summed E-state index contributed by atoms with van der Waals surface area (Å²) >= 11 is 8.08. The van der Waals surface area contributed by atoms with E-state index in [1.54, 1.807) is 42.7 Å². The van der Waals surface area contributed by atoms with Gasteiger partial charge in [0.2, 0.25) is 14.8 Å². The van der Waals surface area contributed by atoms with E-state index < -0.39 is 16.3 Å². The minimum Gasteiger partial charge on any atom is -0.378 e. The number of rotatable bonds is 9. The summed E-state index contributed by atoms with van der Waals surface area (Å²) in [6.45, 7) is 2.24. The lowest BCUT2D eigenvalue weighted by molar-refractivity contribution is 0.0300. The third kappa shape index (κ3) is 6.23. The van der Waals surface area contributed by atoms with Crippen LogP contribution in [0, 0.1) is 0 Å². The van der Waals surface area contributed by atoms with Gasteiger partial charge in [0.15, 0.2) is 0 Å². The molecule has 1 aliphatic carbocycles. The van der Waals surface area contributed by atoms with Gasteiger partial charge in [0.25, 0.3) is 0 Å². The maximum absolute atomic E-state index is 13.4. The zero-order valence-corrected chi connectivity index (χ0v) is 22.1. The first-order chi connectivity index (χ1) is 15.6. The smallest absolute Gasteiger partial charge is 0.244 e. The van der Waals surface area contributed by atoms with E-state index in [9.17, 15) is 13.5 Å². The van der Waals surface area contributed by atoms with Crippen molar-refractivity contribution in [3.8, 4) is 10.6 Å². The molecular formula is C22H34ClN5O3S2. The first-order valence-corrected chi connectivity index (χ1v) is 14.0. The molecule has 0 aliphatic heterocycles. The highest BCUT2D eigenvalue weighted by atomic mass is 35.5. The Labute approximate surface area is 205 Å². The number of hydrogen-bond acceptors (Lipinski definition) is 7. The maximum Gasteiger partial charge on any atom is 0.244 e. The molecule has 1 unspecified atom stereocenters. The highest BCUT2D eigenvalue weighted by Gasteiger charge is 2.28. The van der Waals surface area contributed by atoms with Crippen LogP contribution in [-0.4, -0.2) is 72.0 Å². The van der Waals surface area contributed by atoms with Gasteiger partial charge in [-0.15, -0.1) is 0 Å². The van der Waals surface area contributed by atoms with Crippen molar-refractivity contribution in [1.29, 1.82) is 0 Å². The molecule has 1 fully saturated rings. The zero-order valence-electron chi connectivity index (χ0n) is 19.7. The van der Waals surface area contributed by atoms with E-state index in [0.717, 1.165) is 17.6 Å². The van der Waals surface area contributed by atoms with Gasteiger partial charge in [-0.1, -0.05) is 61.3 Å². The molecule has 0 amide bonds. The second-order valence-corrected chi connectivity index (χ2v) is 11.8. The van der Waals surface area contributed by atoms with E-state index >= 15 is 0 Å². The Bertz CT molecular complexity index is 1110. The van der Waals surface area contributed by atoms with Crippen molar-refractivity contribution in [2.45, 2.75) is 62.6 Å². The lowest BCUT2D eigenvalue weighted by Gasteiger charge is -2.25. The second kappa shape index (κ2) is 11.4. The van der Waals surface area contributed by atoms with Crippen LogP contribution in [0.15, 0.2) is 28.1 Å². The van der Waals surface area contributed by atoms with Crippen LogP contribution >= 0.6 is 22.9 Å². The quantitative estimate of drug-likeness (QED) is 0.517. The molecule has 1 atom stereocenters. The molecule has 2 aromatic rings. The first-order valence-electron chi connectivity index (χ1n) is 11.4. The molecule has 8 nitrogen and oxygen atoms in total. The molecule has 0 spiro atoms. The molecule has 1 heterocycles. The second-order valence-electron chi connectivity index (χ2n) is 8.58. The largest absolute Gasteiger partial charge is 0.378 e. The van der Waals surface area contributed by atoms with Crippen molar-refractivity contribution < 1.29 is 13.5 Å². The normalized spacial score (nSPS) is 17.3. The fourth-order valence-corrected chi connectivity index (χ4v) is 7.02. The average molecular weight is 516 g/mol. The van der Waals surface area contributed by atoms with E-state index in [-0.39, 0.29) is 23.0 Å². The van der Waals surface area contributed by atoms with E-state index in [2.05, 4.69) is 5.10 Å². The van der Waals surface area contributed by atoms with E-state index in [1.165, 1.54) is 41.0 Å². The average Bonchev–Trinajstić information content (AvgIpc) is 3.14. The Morgan fingerprint density at radius 2 is 2.00 bits per heavy atom. The Hall–Kier alpha value is -1.30. The number of aryl methyl sites for hydroxylation is 1. The predicted octanol–water partition coefficient (Wildman–Crippen LogP) is 3.32. The number of sulfonamides is 1. The predicted molar refractivity (Wildman–Crippen MR) is 133 cm³/mol. The van der Waals surface area contributed by atoms with Gasteiger partial charge in [-0.25, -0.2) is 13.1 Å². The monoisotopic (exact) mass is 515 g/mol. The minimum atomic E-state index is -3.84. The Morgan fingerprint density at radius 1 is 1.30 bits per heavy atom. The van der Waals surface area contributed by atoms with Crippen LogP contribution in [0.25, 0.3) is 10.6 Å². The zero-order chi connectivity index (χ0) is 24.2. The summed E-state index contributed by atoms with van der Waals surface area (Å²) in [5.74, 6) is 0. The van der Waals surface area contributed by atoms with E-state index in [0.29, 0.717) is 23.0 Å². The van der Waals surface area contributed by atoms with Gasteiger partial charge in [0.1, 0.15) is 16.1 Å². The van der Waals surface area contributed by atoms with Crippen molar-refractivity contribution in [2.24, 2.45) is 12.0 Å². The highest BCUT2D eigenvalue weighted by Crippen LogP contribution is 2.34. The SMILES string of the molecule is CCN(CCC(O)N(C)C)S(=O)(=O)c1cccc(-c2nn(C)c(=NC3CCCCC3)s2)c1Cl. The lowest BCUT2D eigenvalue weighted by atomic mass is 9.96. The van der Waals surface area contributed by atoms with Crippen LogP contribution in [0.4, 0.5) is 0 Å². The lowest BCUT2D eigenvalue weighted by Crippen LogP contribution is -2.36. The number of aliphatic hydroxyl groups is 1. The van der Waals surface area contributed by atoms with Gasteiger partial charge >= 0.3 is 0 Å². The number of nitrogens with zero attached hydrogens (tertiary/aromatic N) is 5. The van der Waals surface area contributed by atoms with Crippen LogP contribution in [0.3, 0.4) is 0 Å². The van der Waals surface area contributed by atoms with Crippen molar-refractivity contribution in [2.75, 3.05) is 27.2 Å². The van der Waals surface area contributed by atoms with Crippen molar-refractivity contribution in [3.05, 3.63) is 28.0 Å². The van der Waals surface area contributed by atoms with Gasteiger partial charge in [-0.05, 0) is 33.0 Å². The summed E-state index contributed by atoms with van der Waals surface area (Å²) in [5.41, 5.74) is 0.577. The molecule has 1 aromatic heterocycles. The van der Waals surface area contributed by atoms with Crippen LogP contribution in [0.2, 0.25) is 5.02 Å². The Kier molecular flexibility index (Phi) is 9.10. The third-order valence-electron chi connectivity index (χ3n) is 5.97. The molecule has 3 rings (SSSR count). The number of hydrogen-bond donors (Lipinski definition) is 1. The summed E-state index contributed by atoms with van der Waals surface area (Å²) in [4.78, 5) is 7.39. The number of halogens is 1. The van der Waals surface area contributed by atoms with Crippen LogP contribution in [0.5, 0.6) is 0 Å². The Balaban J connectivity index is 1.91. The molecule has 1 aromatic carbocycles. The summed E-state index contributed by atoms with van der Waals surface area (Å²) in [7, 11) is 1.51. The Morgan fingerprint density at radius 3 is 2.64 bits per heavy atom. The molecule has 11 heteroatoms. The summed E-state index contributed by atoms with van der Waals surface area (Å²) in [5, 5.41) is 15.4. The fourth-order valence-electron chi connectivity index (χ4n) is 3.92. The molecular weight excluding hydrogens is 482 g/mol. The van der Waals surface area contributed by atoms with Crippen molar-refractivity contribution in [3.63, 3.8) is 0 Å². The van der Waals surface area contributed by atoms with Gasteiger partial charge < -0.3 is 5.11 Å². The van der Waals surface area contributed by atoms with Crippen molar-refractivity contribution in [1.82, 2.24) is 19.0 Å². The minimum absolute atomic E-state index is 0.0477. The molecule has 184 valence electrons. The molecule has 0 bridgehead atoms. The van der Waals surface area contributed by atoms with Gasteiger partial charge in [-0.2, -0.15) is 9.40 Å². The van der Waals surface area contributed by atoms with Gasteiger partial charge in [-0.3, -0.25) is 9.89 Å². The maximum atomic E-state index is 13.4. The highest BCUT2D eigenvalue weighted by molar-refractivity contribution is 7.89. The molecule has 33 heavy (non-hydrogen) atoms. The molecule has 1 aliphatic rings. The summed E-state index contributed by atoms with van der Waals surface area (Å²) in [6, 6.07) is 5.32. The van der Waals surface area contributed by atoms with Crippen molar-refractivity contribution >= 4 is 33.0 Å². The standard InChI is InChI=1S/C22H34ClN5O3S2/c1-5-28(15-14-19(29)26(2)3)33(30,31)18-13-9-12-17(20(18)23)21-25-27(4)22(32-21)24-16-10-7-6-8-11-16/h9,12-13,16,19,29H,5-8,10-11,14-15H2,1-4H3. The van der Waals surface area contributed by atoms with Gasteiger partial charge in [0, 0.05) is 32.1 Å². The molecule has 1 N–H and O–H groups in total. The third-order valence-corrected chi connectivity index (χ3v) is 9.55. The first kappa shape index (κ1) is 26.3. The fraction of sp³-hybridized carbons (Fsp3) is 0.636. The number of aliphatic hydroxyl groups excluding tert-OH is 1. The summed E-state index contributed by atoms with van der Waals surface area (Å²) in [6.07, 6.45) is 5.44. The van der Waals surface area contributed by atoms with E-state index in [1.807, 2.05) is 7.05 Å². The van der Waals surface area contributed by atoms with Crippen LogP contribution < -0.4 is 4.80 Å². The topological polar surface area (TPSA) is 91.0 Å². The van der Waals surface area contributed by atoms with Crippen LogP contribution in [0.1, 0.15) is 45.4 Å². The summed E-state index contributed by atoms with van der Waals surface area (Å²) < 4.78 is 29.9. The van der Waals surface area contributed by atoms with E-state index in [4.69, 9.17) is 16.6 Å². The number of aromatic nitrogens is 2. The molecule has 1 saturated carbocycles. The number of benzene rings is 1.